The van der Waals surface area contributed by atoms with Gasteiger partial charge in [0.1, 0.15) is 0 Å². The highest BCUT2D eigenvalue weighted by molar-refractivity contribution is 5.78. The van der Waals surface area contributed by atoms with Gasteiger partial charge in [-0.05, 0) is 13.0 Å². The monoisotopic (exact) mass is 183 g/mol. The second kappa shape index (κ2) is 2.76. The van der Waals surface area contributed by atoms with Crippen LogP contribution in [0.5, 0.6) is 0 Å². The smallest absolute Gasteiger partial charge is 0.261 e. The van der Waals surface area contributed by atoms with Crippen molar-refractivity contribution in [1.29, 1.82) is 0 Å². The number of H-pyrrole nitrogens is 1. The van der Waals surface area contributed by atoms with Crippen molar-refractivity contribution in [1.82, 2.24) is 15.2 Å². The molecule has 0 aromatic carbocycles. The third-order valence-electron chi connectivity index (χ3n) is 1.82. The lowest BCUT2D eigenvalue weighted by Crippen LogP contribution is -1.90. The van der Waals surface area contributed by atoms with Crippen LogP contribution in [0.1, 0.15) is 17.7 Å². The number of aromatic nitrogens is 3. The van der Waals surface area contributed by atoms with Crippen LogP contribution in [0.2, 0.25) is 0 Å². The Bertz CT molecular complexity index is 436. The molecule has 2 heterocycles. The highest BCUT2D eigenvalue weighted by atomic mass is 19.3. The van der Waals surface area contributed by atoms with Crippen molar-refractivity contribution in [3.63, 3.8) is 0 Å². The van der Waals surface area contributed by atoms with Crippen molar-refractivity contribution in [3.8, 4) is 0 Å². The number of nitrogens with zero attached hydrogens (tertiary/aromatic N) is 2. The van der Waals surface area contributed by atoms with E-state index in [0.717, 1.165) is 0 Å². The van der Waals surface area contributed by atoms with Gasteiger partial charge in [0.05, 0.1) is 6.20 Å². The Labute approximate surface area is 72.8 Å². The summed E-state index contributed by atoms with van der Waals surface area (Å²) in [5.41, 5.74) is 0.957. The summed E-state index contributed by atoms with van der Waals surface area (Å²) < 4.78 is 25.0. The second-order valence-electron chi connectivity index (χ2n) is 2.79. The summed E-state index contributed by atoms with van der Waals surface area (Å²) >= 11 is 0. The SMILES string of the molecule is Cc1cc(C(F)F)c2cn[nH]c2n1. The van der Waals surface area contributed by atoms with Crippen molar-refractivity contribution >= 4 is 11.0 Å². The zero-order valence-electron chi connectivity index (χ0n) is 6.88. The molecule has 0 saturated heterocycles. The Hall–Kier alpha value is -1.52. The van der Waals surface area contributed by atoms with Crippen LogP contribution in [0.4, 0.5) is 8.78 Å². The summed E-state index contributed by atoms with van der Waals surface area (Å²) in [6, 6.07) is 1.38. The van der Waals surface area contributed by atoms with Crippen molar-refractivity contribution in [3.05, 3.63) is 23.5 Å². The minimum absolute atomic E-state index is 0.0174. The molecule has 0 amide bonds. The number of aryl methyl sites for hydroxylation is 1. The normalized spacial score (nSPS) is 11.4. The molecule has 0 fully saturated rings. The van der Waals surface area contributed by atoms with Crippen LogP contribution in [-0.4, -0.2) is 15.2 Å². The number of halogens is 2. The topological polar surface area (TPSA) is 41.6 Å². The number of rotatable bonds is 1. The molecule has 0 aliphatic rings. The molecule has 0 radical (unpaired) electrons. The van der Waals surface area contributed by atoms with E-state index in [1.165, 1.54) is 12.3 Å². The Morgan fingerprint density at radius 3 is 2.92 bits per heavy atom. The molecule has 0 aliphatic carbocycles. The molecule has 0 saturated carbocycles. The largest absolute Gasteiger partial charge is 0.264 e. The first kappa shape index (κ1) is 8.10. The predicted molar refractivity (Wildman–Crippen MR) is 43.6 cm³/mol. The van der Waals surface area contributed by atoms with E-state index in [9.17, 15) is 8.78 Å². The average Bonchev–Trinajstić information content (AvgIpc) is 2.49. The molecular formula is C8H7F2N3. The molecule has 0 unspecified atom stereocenters. The van der Waals surface area contributed by atoms with Crippen molar-refractivity contribution in [2.75, 3.05) is 0 Å². The summed E-state index contributed by atoms with van der Waals surface area (Å²) in [5.74, 6) is 0. The number of aromatic amines is 1. The first-order chi connectivity index (χ1) is 6.18. The van der Waals surface area contributed by atoms with Gasteiger partial charge in [-0.3, -0.25) is 5.10 Å². The number of hydrogen-bond donors (Lipinski definition) is 1. The van der Waals surface area contributed by atoms with Gasteiger partial charge >= 0.3 is 0 Å². The van der Waals surface area contributed by atoms with E-state index in [1.807, 2.05) is 0 Å². The molecule has 0 spiro atoms. The van der Waals surface area contributed by atoms with E-state index >= 15 is 0 Å². The Kier molecular flexibility index (Phi) is 1.72. The zero-order valence-corrected chi connectivity index (χ0v) is 6.88. The first-order valence-corrected chi connectivity index (χ1v) is 3.77. The van der Waals surface area contributed by atoms with E-state index in [2.05, 4.69) is 15.2 Å². The standard InChI is InChI=1S/C8H7F2N3/c1-4-2-5(7(9)10)6-3-11-13-8(6)12-4/h2-3,7H,1H3,(H,11,12,13). The minimum Gasteiger partial charge on any atom is -0.261 e. The van der Waals surface area contributed by atoms with Gasteiger partial charge < -0.3 is 0 Å². The lowest BCUT2D eigenvalue weighted by molar-refractivity contribution is 0.153. The molecule has 2 aromatic rings. The summed E-state index contributed by atoms with van der Waals surface area (Å²) in [5, 5.41) is 6.62. The van der Waals surface area contributed by atoms with E-state index in [4.69, 9.17) is 0 Å². The molecule has 1 N–H and O–H groups in total. The molecule has 2 aromatic heterocycles. The van der Waals surface area contributed by atoms with Crippen LogP contribution in [0.3, 0.4) is 0 Å². The van der Waals surface area contributed by atoms with Crippen molar-refractivity contribution in [2.24, 2.45) is 0 Å². The molecule has 3 nitrogen and oxygen atoms in total. The van der Waals surface area contributed by atoms with Crippen LogP contribution in [0.15, 0.2) is 12.3 Å². The Morgan fingerprint density at radius 2 is 2.23 bits per heavy atom. The van der Waals surface area contributed by atoms with Crippen molar-refractivity contribution in [2.45, 2.75) is 13.3 Å². The van der Waals surface area contributed by atoms with Gasteiger partial charge in [-0.1, -0.05) is 0 Å². The van der Waals surface area contributed by atoms with Gasteiger partial charge in [0.25, 0.3) is 6.43 Å². The average molecular weight is 183 g/mol. The molecule has 0 bridgehead atoms. The quantitative estimate of drug-likeness (QED) is 0.736. The van der Waals surface area contributed by atoms with Gasteiger partial charge in [-0.2, -0.15) is 5.10 Å². The van der Waals surface area contributed by atoms with Crippen molar-refractivity contribution < 1.29 is 8.78 Å². The fourth-order valence-electron chi connectivity index (χ4n) is 1.27. The van der Waals surface area contributed by atoms with E-state index < -0.39 is 6.43 Å². The molecule has 0 atom stereocenters. The fourth-order valence-corrected chi connectivity index (χ4v) is 1.27. The number of fused-ring (bicyclic) bond motifs is 1. The zero-order chi connectivity index (χ0) is 9.42. The van der Waals surface area contributed by atoms with Gasteiger partial charge in [-0.15, -0.1) is 0 Å². The maximum absolute atomic E-state index is 12.5. The van der Waals surface area contributed by atoms with Crippen LogP contribution in [-0.2, 0) is 0 Å². The number of alkyl halides is 2. The van der Waals surface area contributed by atoms with E-state index in [1.54, 1.807) is 6.92 Å². The fraction of sp³-hybridized carbons (Fsp3) is 0.250. The number of nitrogens with one attached hydrogen (secondary N) is 1. The lowest BCUT2D eigenvalue weighted by atomic mass is 10.2. The van der Waals surface area contributed by atoms with Crippen LogP contribution in [0.25, 0.3) is 11.0 Å². The number of pyridine rings is 1. The Morgan fingerprint density at radius 1 is 1.46 bits per heavy atom. The van der Waals surface area contributed by atoms with Crippen LogP contribution < -0.4 is 0 Å². The van der Waals surface area contributed by atoms with Gasteiger partial charge in [0, 0.05) is 16.6 Å². The summed E-state index contributed by atoms with van der Waals surface area (Å²) in [4.78, 5) is 4.03. The minimum atomic E-state index is -2.48. The molecule has 13 heavy (non-hydrogen) atoms. The summed E-state index contributed by atoms with van der Waals surface area (Å²) in [6.07, 6.45) is -1.12. The molecule has 0 aliphatic heterocycles. The summed E-state index contributed by atoms with van der Waals surface area (Å²) in [7, 11) is 0. The van der Waals surface area contributed by atoms with Crippen LogP contribution >= 0.6 is 0 Å². The molecular weight excluding hydrogens is 176 g/mol. The van der Waals surface area contributed by atoms with E-state index in [-0.39, 0.29) is 5.56 Å². The van der Waals surface area contributed by atoms with Gasteiger partial charge in [0.15, 0.2) is 5.65 Å². The Balaban J connectivity index is 2.77. The maximum Gasteiger partial charge on any atom is 0.264 e. The number of hydrogen-bond acceptors (Lipinski definition) is 2. The molecule has 68 valence electrons. The van der Waals surface area contributed by atoms with Gasteiger partial charge in [0.2, 0.25) is 0 Å². The predicted octanol–water partition coefficient (Wildman–Crippen LogP) is 2.20. The first-order valence-electron chi connectivity index (χ1n) is 3.77. The van der Waals surface area contributed by atoms with E-state index in [0.29, 0.717) is 16.7 Å². The van der Waals surface area contributed by atoms with Crippen LogP contribution in [0, 0.1) is 6.92 Å². The van der Waals surface area contributed by atoms with Gasteiger partial charge in [-0.25, -0.2) is 13.8 Å². The molecule has 2 rings (SSSR count). The second-order valence-corrected chi connectivity index (χ2v) is 2.79. The lowest BCUT2D eigenvalue weighted by Gasteiger charge is -2.01. The third-order valence-corrected chi connectivity index (χ3v) is 1.82. The highest BCUT2D eigenvalue weighted by Crippen LogP contribution is 2.26. The summed E-state index contributed by atoms with van der Waals surface area (Å²) in [6.45, 7) is 1.67. The molecule has 5 heteroatoms. The highest BCUT2D eigenvalue weighted by Gasteiger charge is 2.13. The third kappa shape index (κ3) is 1.26. The maximum atomic E-state index is 12.5.